The predicted octanol–water partition coefficient (Wildman–Crippen LogP) is 2.94. The van der Waals surface area contributed by atoms with Gasteiger partial charge >= 0.3 is 0 Å². The first-order valence-electron chi connectivity index (χ1n) is 6.46. The molecule has 1 atom stereocenters. The van der Waals surface area contributed by atoms with E-state index in [1.54, 1.807) is 24.3 Å². The van der Waals surface area contributed by atoms with Gasteiger partial charge in [-0.2, -0.15) is 0 Å². The summed E-state index contributed by atoms with van der Waals surface area (Å²) in [5.74, 6) is 0.0611. The molecule has 0 saturated heterocycles. The van der Waals surface area contributed by atoms with Crippen LogP contribution in [0.3, 0.4) is 0 Å². The minimum absolute atomic E-state index is 0.0611. The van der Waals surface area contributed by atoms with Crippen molar-refractivity contribution < 1.29 is 8.42 Å². The maximum atomic E-state index is 12.2. The van der Waals surface area contributed by atoms with E-state index in [0.717, 1.165) is 10.4 Å². The molecular formula is C14H17ClN2O2S2. The van der Waals surface area contributed by atoms with Gasteiger partial charge in [0.2, 0.25) is 10.0 Å². The number of nitrogens with one attached hydrogen (secondary N) is 1. The molecule has 21 heavy (non-hydrogen) atoms. The van der Waals surface area contributed by atoms with E-state index in [2.05, 4.69) is 4.72 Å². The van der Waals surface area contributed by atoms with Gasteiger partial charge in [0.05, 0.1) is 0 Å². The quantitative estimate of drug-likeness (QED) is 0.846. The zero-order chi connectivity index (χ0) is 15.5. The summed E-state index contributed by atoms with van der Waals surface area (Å²) in [6.07, 6.45) is 0. The highest BCUT2D eigenvalue weighted by Gasteiger charge is 2.18. The minimum atomic E-state index is -3.47. The number of sulfonamides is 1. The number of halogens is 1. The van der Waals surface area contributed by atoms with Crippen LogP contribution in [0.5, 0.6) is 0 Å². The van der Waals surface area contributed by atoms with Crippen LogP contribution in [0.4, 0.5) is 0 Å². The summed E-state index contributed by atoms with van der Waals surface area (Å²) in [4.78, 5) is 0.848. The van der Waals surface area contributed by atoms with Gasteiger partial charge < -0.3 is 5.73 Å². The number of thiophene rings is 1. The highest BCUT2D eigenvalue weighted by molar-refractivity contribution is 7.91. The molecule has 0 amide bonds. The van der Waals surface area contributed by atoms with Gasteiger partial charge in [-0.1, -0.05) is 30.7 Å². The fourth-order valence-electron chi connectivity index (χ4n) is 1.83. The third-order valence-corrected chi connectivity index (χ3v) is 6.40. The maximum Gasteiger partial charge on any atom is 0.250 e. The maximum absolute atomic E-state index is 12.2. The molecule has 0 radical (unpaired) electrons. The molecule has 0 aliphatic heterocycles. The Kier molecular flexibility index (Phi) is 5.40. The minimum Gasteiger partial charge on any atom is -0.326 e. The Morgan fingerprint density at radius 1 is 1.24 bits per heavy atom. The number of nitrogens with two attached hydrogens (primary N) is 1. The first-order chi connectivity index (χ1) is 9.92. The van der Waals surface area contributed by atoms with Crippen LogP contribution >= 0.6 is 22.9 Å². The average molecular weight is 345 g/mol. The lowest BCUT2D eigenvalue weighted by atomic mass is 10.0. The Balaban J connectivity index is 2.02. The van der Waals surface area contributed by atoms with E-state index in [1.165, 1.54) is 11.3 Å². The molecule has 0 bridgehead atoms. The van der Waals surface area contributed by atoms with Crippen LogP contribution in [-0.2, 0) is 16.6 Å². The van der Waals surface area contributed by atoms with E-state index in [4.69, 9.17) is 17.3 Å². The van der Waals surface area contributed by atoms with Gasteiger partial charge in [-0.3, -0.25) is 0 Å². The fraction of sp³-hybridized carbons (Fsp3) is 0.286. The van der Waals surface area contributed by atoms with Crippen molar-refractivity contribution in [3.05, 3.63) is 51.9 Å². The summed E-state index contributed by atoms with van der Waals surface area (Å²) in [5, 5.41) is 0.666. The molecule has 1 unspecified atom stereocenters. The largest absolute Gasteiger partial charge is 0.326 e. The number of hydrogen-bond acceptors (Lipinski definition) is 4. The lowest BCUT2D eigenvalue weighted by Crippen LogP contribution is -2.27. The van der Waals surface area contributed by atoms with E-state index < -0.39 is 10.0 Å². The SMILES string of the molecule is CC(CNS(=O)(=O)c1ccc(CN)s1)c1ccc(Cl)cc1. The zero-order valence-electron chi connectivity index (χ0n) is 11.5. The number of hydrogen-bond donors (Lipinski definition) is 2. The second-order valence-electron chi connectivity index (χ2n) is 4.73. The third-order valence-electron chi connectivity index (χ3n) is 3.12. The highest BCUT2D eigenvalue weighted by atomic mass is 35.5. The molecule has 1 aromatic heterocycles. The molecule has 4 nitrogen and oxygen atoms in total. The molecule has 0 spiro atoms. The van der Waals surface area contributed by atoms with Gasteiger partial charge in [0.25, 0.3) is 0 Å². The van der Waals surface area contributed by atoms with E-state index >= 15 is 0 Å². The van der Waals surface area contributed by atoms with Crippen molar-refractivity contribution in [1.82, 2.24) is 4.72 Å². The standard InChI is InChI=1S/C14H17ClN2O2S2/c1-10(11-2-4-12(15)5-3-11)9-17-21(18,19)14-7-6-13(8-16)20-14/h2-7,10,17H,8-9,16H2,1H3. The van der Waals surface area contributed by atoms with Crippen molar-refractivity contribution in [1.29, 1.82) is 0 Å². The van der Waals surface area contributed by atoms with E-state index in [0.29, 0.717) is 22.3 Å². The van der Waals surface area contributed by atoms with Gasteiger partial charge in [0.15, 0.2) is 0 Å². The summed E-state index contributed by atoms with van der Waals surface area (Å²) in [7, 11) is -3.47. The third kappa shape index (κ3) is 4.28. The van der Waals surface area contributed by atoms with E-state index in [9.17, 15) is 8.42 Å². The van der Waals surface area contributed by atoms with Crippen molar-refractivity contribution in [2.75, 3.05) is 6.54 Å². The van der Waals surface area contributed by atoms with Crippen LogP contribution in [0.25, 0.3) is 0 Å². The molecule has 0 aliphatic rings. The lowest BCUT2D eigenvalue weighted by Gasteiger charge is -2.13. The lowest BCUT2D eigenvalue weighted by molar-refractivity contribution is 0.577. The van der Waals surface area contributed by atoms with E-state index in [-0.39, 0.29) is 5.92 Å². The van der Waals surface area contributed by atoms with Gasteiger partial charge in [-0.05, 0) is 35.7 Å². The monoisotopic (exact) mass is 344 g/mol. The fourth-order valence-corrected chi connectivity index (χ4v) is 4.36. The van der Waals surface area contributed by atoms with Crippen molar-refractivity contribution in [2.24, 2.45) is 5.73 Å². The molecule has 1 heterocycles. The molecule has 0 fully saturated rings. The van der Waals surface area contributed by atoms with Crippen LogP contribution in [0, 0.1) is 0 Å². The summed E-state index contributed by atoms with van der Waals surface area (Å²) in [6, 6.07) is 10.7. The van der Waals surface area contributed by atoms with Gasteiger partial charge in [-0.25, -0.2) is 13.1 Å². The first kappa shape index (κ1) is 16.5. The van der Waals surface area contributed by atoms with Gasteiger partial charge in [-0.15, -0.1) is 11.3 Å². The summed E-state index contributed by atoms with van der Waals surface area (Å²) < 4.78 is 27.3. The molecule has 3 N–H and O–H groups in total. The first-order valence-corrected chi connectivity index (χ1v) is 9.14. The Morgan fingerprint density at radius 3 is 2.48 bits per heavy atom. The Bertz CT molecular complexity index is 696. The summed E-state index contributed by atoms with van der Waals surface area (Å²) in [6.45, 7) is 2.65. The Morgan fingerprint density at radius 2 is 1.90 bits per heavy atom. The number of benzene rings is 1. The van der Waals surface area contributed by atoms with Crippen molar-refractivity contribution in [2.45, 2.75) is 23.6 Å². The van der Waals surface area contributed by atoms with Crippen LogP contribution < -0.4 is 10.5 Å². The molecule has 0 saturated carbocycles. The molecule has 114 valence electrons. The molecule has 1 aromatic carbocycles. The smallest absolute Gasteiger partial charge is 0.250 e. The molecule has 2 rings (SSSR count). The normalized spacial score (nSPS) is 13.3. The molecule has 0 aliphatic carbocycles. The second-order valence-corrected chi connectivity index (χ2v) is 8.33. The molecule has 7 heteroatoms. The summed E-state index contributed by atoms with van der Waals surface area (Å²) >= 11 is 7.04. The Labute approximate surface area is 134 Å². The predicted molar refractivity (Wildman–Crippen MR) is 87.3 cm³/mol. The summed E-state index contributed by atoms with van der Waals surface area (Å²) in [5.41, 5.74) is 6.54. The highest BCUT2D eigenvalue weighted by Crippen LogP contribution is 2.22. The number of rotatable bonds is 6. The topological polar surface area (TPSA) is 72.2 Å². The van der Waals surface area contributed by atoms with Crippen molar-refractivity contribution in [3.63, 3.8) is 0 Å². The van der Waals surface area contributed by atoms with E-state index in [1.807, 2.05) is 19.1 Å². The van der Waals surface area contributed by atoms with Crippen molar-refractivity contribution in [3.8, 4) is 0 Å². The van der Waals surface area contributed by atoms with Crippen LogP contribution in [0.1, 0.15) is 23.3 Å². The van der Waals surface area contributed by atoms with Crippen molar-refractivity contribution >= 4 is 33.0 Å². The molecular weight excluding hydrogens is 328 g/mol. The van der Waals surface area contributed by atoms with Gasteiger partial charge in [0, 0.05) is 23.0 Å². The van der Waals surface area contributed by atoms with Crippen LogP contribution in [0.2, 0.25) is 5.02 Å². The molecule has 2 aromatic rings. The Hall–Kier alpha value is -0.920. The second kappa shape index (κ2) is 6.89. The van der Waals surface area contributed by atoms with Crippen LogP contribution in [0.15, 0.2) is 40.6 Å². The zero-order valence-corrected chi connectivity index (χ0v) is 13.9. The average Bonchev–Trinajstić information content (AvgIpc) is 2.95. The van der Waals surface area contributed by atoms with Crippen LogP contribution in [-0.4, -0.2) is 15.0 Å². The van der Waals surface area contributed by atoms with Gasteiger partial charge in [0.1, 0.15) is 4.21 Å².